The number of hydrogen-bond donors (Lipinski definition) is 0. The van der Waals surface area contributed by atoms with Crippen LogP contribution in [0.3, 0.4) is 0 Å². The number of aromatic nitrogens is 5. The van der Waals surface area contributed by atoms with Crippen LogP contribution in [-0.2, 0) is 6.54 Å². The van der Waals surface area contributed by atoms with Crippen LogP contribution in [0.2, 0.25) is 0 Å². The summed E-state index contributed by atoms with van der Waals surface area (Å²) in [5, 5.41) is 4.11. The van der Waals surface area contributed by atoms with Crippen LogP contribution in [0, 0.1) is 0 Å². The van der Waals surface area contributed by atoms with Gasteiger partial charge in [-0.2, -0.15) is 5.10 Å². The molecule has 0 aromatic carbocycles. The standard InChI is InChI=1S/C11H17N5/c1-9(2)11-13-4-5-16(11)10(3)6-15-8-12-7-14-15/h4-5,7-10H,6H2,1-3H3/t10-/m1/s1. The van der Waals surface area contributed by atoms with E-state index in [0.717, 1.165) is 12.4 Å². The highest BCUT2D eigenvalue weighted by Crippen LogP contribution is 2.17. The quantitative estimate of drug-likeness (QED) is 0.788. The monoisotopic (exact) mass is 219 g/mol. The molecule has 1 atom stereocenters. The molecule has 0 N–H and O–H groups in total. The van der Waals surface area contributed by atoms with Gasteiger partial charge in [-0.1, -0.05) is 13.8 Å². The number of rotatable bonds is 4. The van der Waals surface area contributed by atoms with Gasteiger partial charge in [0.15, 0.2) is 0 Å². The molecule has 0 spiro atoms. The van der Waals surface area contributed by atoms with E-state index in [2.05, 4.69) is 40.4 Å². The summed E-state index contributed by atoms with van der Waals surface area (Å²) in [5.41, 5.74) is 0. The first-order valence-electron chi connectivity index (χ1n) is 5.53. The van der Waals surface area contributed by atoms with Crippen molar-refractivity contribution in [3.63, 3.8) is 0 Å². The summed E-state index contributed by atoms with van der Waals surface area (Å²) in [7, 11) is 0. The molecule has 0 fully saturated rings. The summed E-state index contributed by atoms with van der Waals surface area (Å²) in [6.45, 7) is 7.29. The predicted octanol–water partition coefficient (Wildman–Crippen LogP) is 1.86. The maximum Gasteiger partial charge on any atom is 0.137 e. The van der Waals surface area contributed by atoms with Crippen LogP contribution in [0.4, 0.5) is 0 Å². The Morgan fingerprint density at radius 2 is 2.12 bits per heavy atom. The normalized spacial score (nSPS) is 13.2. The summed E-state index contributed by atoms with van der Waals surface area (Å²) in [6, 6.07) is 0.335. The lowest BCUT2D eigenvalue weighted by Crippen LogP contribution is -2.16. The summed E-state index contributed by atoms with van der Waals surface area (Å²) in [4.78, 5) is 8.32. The number of imidazole rings is 1. The predicted molar refractivity (Wildman–Crippen MR) is 61.0 cm³/mol. The van der Waals surface area contributed by atoms with Crippen LogP contribution in [0.15, 0.2) is 25.0 Å². The average Bonchev–Trinajstić information content (AvgIpc) is 2.86. The van der Waals surface area contributed by atoms with Crippen molar-refractivity contribution in [3.05, 3.63) is 30.9 Å². The van der Waals surface area contributed by atoms with Gasteiger partial charge in [-0.05, 0) is 6.92 Å². The first-order valence-corrected chi connectivity index (χ1v) is 5.53. The minimum Gasteiger partial charge on any atom is -0.330 e. The second kappa shape index (κ2) is 4.47. The van der Waals surface area contributed by atoms with Crippen LogP contribution >= 0.6 is 0 Å². The maximum atomic E-state index is 4.38. The van der Waals surface area contributed by atoms with Crippen LogP contribution < -0.4 is 0 Å². The summed E-state index contributed by atoms with van der Waals surface area (Å²) < 4.78 is 4.04. The number of nitrogens with zero attached hydrogens (tertiary/aromatic N) is 5. The molecule has 0 bridgehead atoms. The second-order valence-electron chi connectivity index (χ2n) is 4.31. The Morgan fingerprint density at radius 3 is 2.75 bits per heavy atom. The zero-order chi connectivity index (χ0) is 11.5. The van der Waals surface area contributed by atoms with Gasteiger partial charge < -0.3 is 4.57 Å². The Morgan fingerprint density at radius 1 is 1.31 bits per heavy atom. The van der Waals surface area contributed by atoms with E-state index in [1.165, 1.54) is 0 Å². The molecule has 2 aromatic rings. The largest absolute Gasteiger partial charge is 0.330 e. The van der Waals surface area contributed by atoms with Gasteiger partial charge in [-0.15, -0.1) is 0 Å². The van der Waals surface area contributed by atoms with Crippen molar-refractivity contribution >= 4 is 0 Å². The van der Waals surface area contributed by atoms with Crippen molar-refractivity contribution in [2.45, 2.75) is 39.3 Å². The second-order valence-corrected chi connectivity index (χ2v) is 4.31. The molecule has 86 valence electrons. The Bertz CT molecular complexity index is 429. The highest BCUT2D eigenvalue weighted by atomic mass is 15.3. The van der Waals surface area contributed by atoms with E-state index in [4.69, 9.17) is 0 Å². The minimum atomic E-state index is 0.335. The van der Waals surface area contributed by atoms with E-state index in [1.807, 2.05) is 17.1 Å². The molecule has 0 saturated carbocycles. The molecule has 0 radical (unpaired) electrons. The van der Waals surface area contributed by atoms with Crippen molar-refractivity contribution in [2.24, 2.45) is 0 Å². The van der Waals surface area contributed by atoms with E-state index in [0.29, 0.717) is 12.0 Å². The van der Waals surface area contributed by atoms with Crippen LogP contribution in [0.5, 0.6) is 0 Å². The smallest absolute Gasteiger partial charge is 0.137 e. The molecule has 5 nitrogen and oxygen atoms in total. The van der Waals surface area contributed by atoms with Gasteiger partial charge in [0, 0.05) is 18.3 Å². The molecule has 0 aliphatic heterocycles. The molecule has 16 heavy (non-hydrogen) atoms. The van der Waals surface area contributed by atoms with E-state index in [9.17, 15) is 0 Å². The fraction of sp³-hybridized carbons (Fsp3) is 0.545. The third-order valence-electron chi connectivity index (χ3n) is 2.61. The van der Waals surface area contributed by atoms with Crippen molar-refractivity contribution in [2.75, 3.05) is 0 Å². The molecule has 0 saturated heterocycles. The molecule has 2 rings (SSSR count). The van der Waals surface area contributed by atoms with Crippen molar-refractivity contribution in [1.82, 2.24) is 24.3 Å². The lowest BCUT2D eigenvalue weighted by atomic mass is 10.2. The molecule has 0 aliphatic rings. The minimum absolute atomic E-state index is 0.335. The molecule has 0 amide bonds. The van der Waals surface area contributed by atoms with E-state index >= 15 is 0 Å². The molecule has 0 unspecified atom stereocenters. The van der Waals surface area contributed by atoms with Gasteiger partial charge >= 0.3 is 0 Å². The van der Waals surface area contributed by atoms with Crippen molar-refractivity contribution in [3.8, 4) is 0 Å². The Kier molecular flexibility index (Phi) is 3.03. The van der Waals surface area contributed by atoms with Gasteiger partial charge in [-0.3, -0.25) is 4.68 Å². The molecule has 2 heterocycles. The Balaban J connectivity index is 2.14. The average molecular weight is 219 g/mol. The van der Waals surface area contributed by atoms with E-state index < -0.39 is 0 Å². The van der Waals surface area contributed by atoms with Gasteiger partial charge in [0.1, 0.15) is 18.5 Å². The lowest BCUT2D eigenvalue weighted by molar-refractivity contribution is 0.420. The van der Waals surface area contributed by atoms with Gasteiger partial charge in [0.2, 0.25) is 0 Å². The first kappa shape index (κ1) is 10.9. The van der Waals surface area contributed by atoms with Crippen LogP contribution in [0.1, 0.15) is 38.6 Å². The summed E-state index contributed by atoms with van der Waals surface area (Å²) in [5.74, 6) is 1.56. The Hall–Kier alpha value is -1.65. The third kappa shape index (κ3) is 2.13. The fourth-order valence-electron chi connectivity index (χ4n) is 1.83. The van der Waals surface area contributed by atoms with E-state index in [1.54, 1.807) is 12.7 Å². The Labute approximate surface area is 95.1 Å². The molecular weight excluding hydrogens is 202 g/mol. The highest BCUT2D eigenvalue weighted by Gasteiger charge is 2.13. The van der Waals surface area contributed by atoms with Gasteiger partial charge in [0.25, 0.3) is 0 Å². The van der Waals surface area contributed by atoms with Crippen molar-refractivity contribution < 1.29 is 0 Å². The maximum absolute atomic E-state index is 4.38. The van der Waals surface area contributed by atoms with Gasteiger partial charge in [-0.25, -0.2) is 9.97 Å². The first-order chi connectivity index (χ1) is 7.68. The molecule has 5 heteroatoms. The summed E-state index contributed by atoms with van der Waals surface area (Å²) in [6.07, 6.45) is 7.18. The lowest BCUT2D eigenvalue weighted by Gasteiger charge is -2.17. The fourth-order valence-corrected chi connectivity index (χ4v) is 1.83. The van der Waals surface area contributed by atoms with E-state index in [-0.39, 0.29) is 0 Å². The molecule has 2 aromatic heterocycles. The van der Waals surface area contributed by atoms with Crippen LogP contribution in [-0.4, -0.2) is 24.3 Å². The summed E-state index contributed by atoms with van der Waals surface area (Å²) >= 11 is 0. The topological polar surface area (TPSA) is 48.5 Å². The van der Waals surface area contributed by atoms with Gasteiger partial charge in [0.05, 0.1) is 12.6 Å². The molecular formula is C11H17N5. The van der Waals surface area contributed by atoms with Crippen LogP contribution in [0.25, 0.3) is 0 Å². The third-order valence-corrected chi connectivity index (χ3v) is 2.61. The zero-order valence-corrected chi connectivity index (χ0v) is 9.91. The number of hydrogen-bond acceptors (Lipinski definition) is 3. The zero-order valence-electron chi connectivity index (χ0n) is 9.91. The SMILES string of the molecule is CC(C)c1nccn1[C@H](C)Cn1cncn1. The molecule has 0 aliphatic carbocycles. The van der Waals surface area contributed by atoms with Crippen molar-refractivity contribution in [1.29, 1.82) is 0 Å². The highest BCUT2D eigenvalue weighted by molar-refractivity contribution is 4.99.